The van der Waals surface area contributed by atoms with E-state index in [1.54, 1.807) is 12.1 Å². The van der Waals surface area contributed by atoms with Crippen LogP contribution in [0, 0.1) is 0 Å². The third-order valence-electron chi connectivity index (χ3n) is 3.08. The van der Waals surface area contributed by atoms with Crippen LogP contribution in [0.25, 0.3) is 0 Å². The van der Waals surface area contributed by atoms with Gasteiger partial charge >= 0.3 is 0 Å². The van der Waals surface area contributed by atoms with Gasteiger partial charge in [-0.3, -0.25) is 0 Å². The van der Waals surface area contributed by atoms with Crippen molar-refractivity contribution < 1.29 is 4.74 Å². The van der Waals surface area contributed by atoms with Gasteiger partial charge in [0.1, 0.15) is 0 Å². The van der Waals surface area contributed by atoms with E-state index in [2.05, 4.69) is 4.90 Å². The summed E-state index contributed by atoms with van der Waals surface area (Å²) in [6.45, 7) is 4.12. The monoisotopic (exact) mass is 288 g/mol. The maximum atomic E-state index is 6.04. The van der Waals surface area contributed by atoms with Crippen molar-refractivity contribution in [3.63, 3.8) is 0 Å². The Kier molecular flexibility index (Phi) is 4.98. The first-order valence-corrected chi connectivity index (χ1v) is 7.02. The molecule has 1 fully saturated rings. The van der Waals surface area contributed by atoms with Gasteiger partial charge in [-0.15, -0.1) is 0 Å². The number of nitrogen functional groups attached to an aromatic ring is 1. The number of anilines is 1. The van der Waals surface area contributed by atoms with Crippen molar-refractivity contribution in [3.05, 3.63) is 22.2 Å². The molecule has 1 aromatic rings. The molecule has 0 radical (unpaired) electrons. The van der Waals surface area contributed by atoms with E-state index in [0.717, 1.165) is 13.0 Å². The molecule has 0 spiro atoms. The first-order valence-electron chi connectivity index (χ1n) is 6.26. The van der Waals surface area contributed by atoms with E-state index in [9.17, 15) is 0 Å². The Morgan fingerprint density at radius 2 is 1.78 bits per heavy atom. The van der Waals surface area contributed by atoms with Crippen LogP contribution in [0.1, 0.15) is 19.3 Å². The minimum atomic E-state index is 0.473. The number of nitrogens with zero attached hydrogens (tertiary/aromatic N) is 1. The molecule has 1 aliphatic rings. The number of hydrogen-bond acceptors (Lipinski definition) is 3. The van der Waals surface area contributed by atoms with E-state index in [1.165, 1.54) is 25.9 Å². The van der Waals surface area contributed by atoms with Gasteiger partial charge in [0.25, 0.3) is 0 Å². The number of benzene rings is 1. The number of rotatable bonds is 5. The molecule has 2 rings (SSSR count). The van der Waals surface area contributed by atoms with Crippen molar-refractivity contribution in [1.29, 1.82) is 0 Å². The van der Waals surface area contributed by atoms with Crippen LogP contribution in [0.15, 0.2) is 12.1 Å². The molecule has 3 nitrogen and oxygen atoms in total. The van der Waals surface area contributed by atoms with E-state index in [0.29, 0.717) is 28.1 Å². The maximum Gasteiger partial charge on any atom is 0.156 e. The fraction of sp³-hybridized carbons (Fsp3) is 0.538. The molecule has 0 bridgehead atoms. The van der Waals surface area contributed by atoms with Crippen molar-refractivity contribution in [1.82, 2.24) is 4.90 Å². The van der Waals surface area contributed by atoms with E-state index >= 15 is 0 Å². The first-order chi connectivity index (χ1) is 8.66. The van der Waals surface area contributed by atoms with Crippen molar-refractivity contribution in [2.24, 2.45) is 0 Å². The molecule has 1 aromatic carbocycles. The Morgan fingerprint density at radius 1 is 1.17 bits per heavy atom. The SMILES string of the molecule is Nc1cc(Cl)c(OCCCN2CCCC2)c(Cl)c1. The summed E-state index contributed by atoms with van der Waals surface area (Å²) in [7, 11) is 0. The number of nitrogens with two attached hydrogens (primary N) is 1. The molecule has 0 aromatic heterocycles. The summed E-state index contributed by atoms with van der Waals surface area (Å²) in [5.41, 5.74) is 6.19. The van der Waals surface area contributed by atoms with Gasteiger partial charge in [0, 0.05) is 12.2 Å². The molecule has 0 unspecified atom stereocenters. The highest BCUT2D eigenvalue weighted by molar-refractivity contribution is 6.37. The highest BCUT2D eigenvalue weighted by atomic mass is 35.5. The lowest BCUT2D eigenvalue weighted by atomic mass is 10.3. The summed E-state index contributed by atoms with van der Waals surface area (Å²) in [6, 6.07) is 3.31. The predicted molar refractivity (Wildman–Crippen MR) is 76.7 cm³/mol. The smallest absolute Gasteiger partial charge is 0.156 e. The van der Waals surface area contributed by atoms with Crippen LogP contribution in [-0.2, 0) is 0 Å². The minimum Gasteiger partial charge on any atom is -0.490 e. The molecule has 2 N–H and O–H groups in total. The molecule has 1 saturated heterocycles. The van der Waals surface area contributed by atoms with E-state index < -0.39 is 0 Å². The summed E-state index contributed by atoms with van der Waals surface area (Å²) in [5.74, 6) is 0.536. The number of likely N-dealkylation sites (tertiary alicyclic amines) is 1. The Balaban J connectivity index is 1.79. The van der Waals surface area contributed by atoms with Crippen LogP contribution in [-0.4, -0.2) is 31.1 Å². The highest BCUT2D eigenvalue weighted by Crippen LogP contribution is 2.35. The minimum absolute atomic E-state index is 0.473. The highest BCUT2D eigenvalue weighted by Gasteiger charge is 2.12. The van der Waals surface area contributed by atoms with Gasteiger partial charge in [0.05, 0.1) is 16.7 Å². The molecule has 0 amide bonds. The lowest BCUT2D eigenvalue weighted by Crippen LogP contribution is -2.21. The second kappa shape index (κ2) is 6.50. The lowest BCUT2D eigenvalue weighted by Gasteiger charge is -2.15. The average molecular weight is 289 g/mol. The number of halogens is 2. The van der Waals surface area contributed by atoms with E-state index in [4.69, 9.17) is 33.7 Å². The van der Waals surface area contributed by atoms with Crippen LogP contribution in [0.3, 0.4) is 0 Å². The summed E-state index contributed by atoms with van der Waals surface area (Å²) in [5, 5.41) is 0.947. The van der Waals surface area contributed by atoms with Crippen molar-refractivity contribution in [2.45, 2.75) is 19.3 Å². The standard InChI is InChI=1S/C13H18Cl2N2O/c14-11-8-10(16)9-12(15)13(11)18-7-3-6-17-4-1-2-5-17/h8-9H,1-7,16H2. The second-order valence-corrected chi connectivity index (χ2v) is 5.38. The van der Waals surface area contributed by atoms with Crippen LogP contribution in [0.5, 0.6) is 5.75 Å². The van der Waals surface area contributed by atoms with Gasteiger partial charge in [0.2, 0.25) is 0 Å². The molecule has 18 heavy (non-hydrogen) atoms. The molecule has 0 atom stereocenters. The average Bonchev–Trinajstić information content (AvgIpc) is 2.79. The zero-order valence-electron chi connectivity index (χ0n) is 10.3. The van der Waals surface area contributed by atoms with Crippen molar-refractivity contribution in [2.75, 3.05) is 32.0 Å². The second-order valence-electron chi connectivity index (χ2n) is 4.56. The van der Waals surface area contributed by atoms with Gasteiger partial charge in [-0.1, -0.05) is 23.2 Å². The number of hydrogen-bond donors (Lipinski definition) is 1. The molecule has 1 aliphatic heterocycles. The molecule has 0 saturated carbocycles. The topological polar surface area (TPSA) is 38.5 Å². The van der Waals surface area contributed by atoms with Crippen molar-refractivity contribution in [3.8, 4) is 5.75 Å². The first kappa shape index (κ1) is 13.8. The summed E-state index contributed by atoms with van der Waals surface area (Å²) >= 11 is 12.1. The molecule has 1 heterocycles. The lowest BCUT2D eigenvalue weighted by molar-refractivity contribution is 0.263. The Bertz CT molecular complexity index is 383. The fourth-order valence-electron chi connectivity index (χ4n) is 2.19. The van der Waals surface area contributed by atoms with Crippen molar-refractivity contribution >= 4 is 28.9 Å². The molecular formula is C13H18Cl2N2O. The Hall–Kier alpha value is -0.640. The van der Waals surface area contributed by atoms with Gasteiger partial charge in [-0.2, -0.15) is 0 Å². The summed E-state index contributed by atoms with van der Waals surface area (Å²) < 4.78 is 5.64. The molecular weight excluding hydrogens is 271 g/mol. The number of ether oxygens (including phenoxy) is 1. The predicted octanol–water partition coefficient (Wildman–Crippen LogP) is 3.44. The van der Waals surface area contributed by atoms with Gasteiger partial charge in [0.15, 0.2) is 5.75 Å². The van der Waals surface area contributed by atoms with Gasteiger partial charge < -0.3 is 15.4 Å². The Morgan fingerprint density at radius 3 is 2.39 bits per heavy atom. The fourth-order valence-corrected chi connectivity index (χ4v) is 2.80. The quantitative estimate of drug-likeness (QED) is 0.666. The van der Waals surface area contributed by atoms with E-state index in [1.807, 2.05) is 0 Å². The van der Waals surface area contributed by atoms with Crippen LogP contribution < -0.4 is 10.5 Å². The van der Waals surface area contributed by atoms with Gasteiger partial charge in [-0.25, -0.2) is 0 Å². The summed E-state index contributed by atoms with van der Waals surface area (Å²) in [6.07, 6.45) is 3.62. The zero-order valence-corrected chi connectivity index (χ0v) is 11.8. The molecule has 0 aliphatic carbocycles. The van der Waals surface area contributed by atoms with Crippen LogP contribution in [0.4, 0.5) is 5.69 Å². The Labute approximate surface area is 118 Å². The van der Waals surface area contributed by atoms with Gasteiger partial charge in [-0.05, 0) is 44.5 Å². The molecule has 5 heteroatoms. The third kappa shape index (κ3) is 3.67. The van der Waals surface area contributed by atoms with E-state index in [-0.39, 0.29) is 0 Å². The maximum absolute atomic E-state index is 6.04. The third-order valence-corrected chi connectivity index (χ3v) is 3.65. The largest absolute Gasteiger partial charge is 0.490 e. The zero-order chi connectivity index (χ0) is 13.0. The van der Waals surface area contributed by atoms with Crippen LogP contribution >= 0.6 is 23.2 Å². The summed E-state index contributed by atoms with van der Waals surface area (Å²) in [4.78, 5) is 2.45. The normalized spacial score (nSPS) is 16.1. The van der Waals surface area contributed by atoms with Crippen LogP contribution in [0.2, 0.25) is 10.0 Å². The molecule has 100 valence electrons.